The van der Waals surface area contributed by atoms with Gasteiger partial charge in [-0.25, -0.2) is 8.42 Å². The number of methoxy groups -OCH3 is 1. The molecule has 0 aliphatic carbocycles. The average molecular weight is 490 g/mol. The number of sulfonamides is 1. The van der Waals surface area contributed by atoms with E-state index in [2.05, 4.69) is 5.32 Å². The summed E-state index contributed by atoms with van der Waals surface area (Å²) < 4.78 is 31.6. The predicted molar refractivity (Wildman–Crippen MR) is 134 cm³/mol. The highest BCUT2D eigenvalue weighted by Crippen LogP contribution is 2.23. The predicted octanol–water partition coefficient (Wildman–Crippen LogP) is 3.02. The summed E-state index contributed by atoms with van der Waals surface area (Å²) in [6, 6.07) is 11.7. The Morgan fingerprint density at radius 1 is 1.03 bits per heavy atom. The van der Waals surface area contributed by atoms with Gasteiger partial charge in [0.15, 0.2) is 0 Å². The average Bonchev–Trinajstić information content (AvgIpc) is 2.79. The molecule has 0 fully saturated rings. The van der Waals surface area contributed by atoms with Gasteiger partial charge in [-0.2, -0.15) is 0 Å². The van der Waals surface area contributed by atoms with Crippen LogP contribution in [-0.2, 0) is 26.2 Å². The van der Waals surface area contributed by atoms with Crippen molar-refractivity contribution >= 4 is 27.5 Å². The zero-order valence-electron chi connectivity index (χ0n) is 20.8. The molecular formula is C25H35N3O5S. The molecule has 34 heavy (non-hydrogen) atoms. The van der Waals surface area contributed by atoms with E-state index in [0.29, 0.717) is 24.4 Å². The largest absolute Gasteiger partial charge is 0.497 e. The van der Waals surface area contributed by atoms with Crippen LogP contribution < -0.4 is 14.4 Å². The Labute approximate surface area is 202 Å². The van der Waals surface area contributed by atoms with Crippen molar-refractivity contribution in [1.82, 2.24) is 10.2 Å². The molecule has 8 nitrogen and oxygen atoms in total. The van der Waals surface area contributed by atoms with Gasteiger partial charge >= 0.3 is 0 Å². The number of rotatable bonds is 11. The molecule has 2 rings (SSSR count). The smallest absolute Gasteiger partial charge is 0.244 e. The number of hydrogen-bond donors (Lipinski definition) is 1. The van der Waals surface area contributed by atoms with Crippen LogP contribution in [0.1, 0.15) is 37.0 Å². The topological polar surface area (TPSA) is 96.0 Å². The van der Waals surface area contributed by atoms with Gasteiger partial charge < -0.3 is 15.0 Å². The first kappa shape index (κ1) is 27.2. The van der Waals surface area contributed by atoms with Crippen LogP contribution in [0.3, 0.4) is 0 Å². The second-order valence-electron chi connectivity index (χ2n) is 8.23. The zero-order chi connectivity index (χ0) is 25.5. The SMILES string of the molecule is CCNC(=O)C(CC)N(Cc1ccc(OC)cc1)C(=O)CN(c1ccc(C)c(C)c1)S(C)(=O)=O. The molecule has 0 radical (unpaired) electrons. The highest BCUT2D eigenvalue weighted by molar-refractivity contribution is 7.92. The van der Waals surface area contributed by atoms with Crippen molar-refractivity contribution in [3.63, 3.8) is 0 Å². The van der Waals surface area contributed by atoms with Crippen molar-refractivity contribution < 1.29 is 22.7 Å². The van der Waals surface area contributed by atoms with Crippen LogP contribution in [0, 0.1) is 13.8 Å². The Hall–Kier alpha value is -3.07. The van der Waals surface area contributed by atoms with Gasteiger partial charge in [0.2, 0.25) is 21.8 Å². The van der Waals surface area contributed by atoms with E-state index < -0.39 is 28.5 Å². The number of aryl methyl sites for hydroxylation is 2. The molecule has 0 saturated heterocycles. The van der Waals surface area contributed by atoms with Crippen LogP contribution in [0.15, 0.2) is 42.5 Å². The summed E-state index contributed by atoms with van der Waals surface area (Å²) in [6.07, 6.45) is 1.46. The maximum Gasteiger partial charge on any atom is 0.244 e. The van der Waals surface area contributed by atoms with E-state index in [1.165, 1.54) is 4.90 Å². The molecule has 186 valence electrons. The first-order valence-electron chi connectivity index (χ1n) is 11.3. The zero-order valence-corrected chi connectivity index (χ0v) is 21.6. The fraction of sp³-hybridized carbons (Fsp3) is 0.440. The molecule has 1 N–H and O–H groups in total. The summed E-state index contributed by atoms with van der Waals surface area (Å²) in [6.45, 7) is 7.63. The number of ether oxygens (including phenoxy) is 1. The Balaban J connectivity index is 2.44. The minimum atomic E-state index is -3.75. The fourth-order valence-electron chi connectivity index (χ4n) is 3.63. The second kappa shape index (κ2) is 11.9. The summed E-state index contributed by atoms with van der Waals surface area (Å²) >= 11 is 0. The van der Waals surface area contributed by atoms with Crippen molar-refractivity contribution in [3.05, 3.63) is 59.2 Å². The molecule has 0 aliphatic rings. The van der Waals surface area contributed by atoms with Crippen molar-refractivity contribution in [2.75, 3.05) is 30.8 Å². The second-order valence-corrected chi connectivity index (χ2v) is 10.1. The lowest BCUT2D eigenvalue weighted by atomic mass is 10.1. The van der Waals surface area contributed by atoms with Gasteiger partial charge in [-0.05, 0) is 68.1 Å². The van der Waals surface area contributed by atoms with E-state index in [1.54, 1.807) is 31.4 Å². The molecule has 0 spiro atoms. The maximum atomic E-state index is 13.6. The van der Waals surface area contributed by atoms with Gasteiger partial charge in [0, 0.05) is 13.1 Å². The standard InChI is InChI=1S/C25H35N3O5S/c1-7-23(25(30)26-8-2)27(16-20-10-13-22(33-5)14-11-20)24(29)17-28(34(6,31)32)21-12-9-18(3)19(4)15-21/h9-15,23H,7-8,16-17H2,1-6H3,(H,26,30). The number of nitrogens with one attached hydrogen (secondary N) is 1. The Morgan fingerprint density at radius 2 is 1.68 bits per heavy atom. The Bertz CT molecular complexity index is 1100. The van der Waals surface area contributed by atoms with E-state index in [-0.39, 0.29) is 12.5 Å². The van der Waals surface area contributed by atoms with Crippen LogP contribution in [0.2, 0.25) is 0 Å². The van der Waals surface area contributed by atoms with Crippen molar-refractivity contribution in [1.29, 1.82) is 0 Å². The molecule has 0 heterocycles. The van der Waals surface area contributed by atoms with E-state index in [4.69, 9.17) is 4.74 Å². The van der Waals surface area contributed by atoms with Gasteiger partial charge in [0.1, 0.15) is 18.3 Å². The number of anilines is 1. The third-order valence-corrected chi connectivity index (χ3v) is 6.85. The highest BCUT2D eigenvalue weighted by Gasteiger charge is 2.31. The molecular weight excluding hydrogens is 454 g/mol. The molecule has 1 unspecified atom stereocenters. The number of benzene rings is 2. The van der Waals surface area contributed by atoms with Gasteiger partial charge in [0.05, 0.1) is 19.1 Å². The molecule has 0 aromatic heterocycles. The third-order valence-electron chi connectivity index (χ3n) is 5.71. The molecule has 0 bridgehead atoms. The Kier molecular flexibility index (Phi) is 9.49. The summed E-state index contributed by atoms with van der Waals surface area (Å²) in [7, 11) is -2.18. The number of carbonyl (C=O) groups excluding carboxylic acids is 2. The van der Waals surface area contributed by atoms with E-state index in [0.717, 1.165) is 27.3 Å². The summed E-state index contributed by atoms with van der Waals surface area (Å²) in [5, 5.41) is 2.78. The number of carbonyl (C=O) groups is 2. The molecule has 0 aliphatic heterocycles. The summed E-state index contributed by atoms with van der Waals surface area (Å²) in [5.74, 6) is -0.0584. The van der Waals surface area contributed by atoms with Crippen LogP contribution in [0.5, 0.6) is 5.75 Å². The van der Waals surface area contributed by atoms with Crippen LogP contribution in [-0.4, -0.2) is 57.6 Å². The summed E-state index contributed by atoms with van der Waals surface area (Å²) in [4.78, 5) is 27.8. The van der Waals surface area contributed by atoms with Crippen LogP contribution in [0.4, 0.5) is 5.69 Å². The van der Waals surface area contributed by atoms with Gasteiger partial charge in [-0.15, -0.1) is 0 Å². The lowest BCUT2D eigenvalue weighted by Crippen LogP contribution is -2.52. The number of amides is 2. The Morgan fingerprint density at radius 3 is 2.18 bits per heavy atom. The monoisotopic (exact) mass is 489 g/mol. The van der Waals surface area contributed by atoms with Crippen LogP contribution >= 0.6 is 0 Å². The van der Waals surface area contributed by atoms with E-state index >= 15 is 0 Å². The van der Waals surface area contributed by atoms with Crippen molar-refractivity contribution in [2.24, 2.45) is 0 Å². The minimum absolute atomic E-state index is 0.156. The third kappa shape index (κ3) is 6.96. The molecule has 9 heteroatoms. The fourth-order valence-corrected chi connectivity index (χ4v) is 4.48. The van der Waals surface area contributed by atoms with Gasteiger partial charge in [-0.1, -0.05) is 25.1 Å². The lowest BCUT2D eigenvalue weighted by molar-refractivity contribution is -0.140. The van der Waals surface area contributed by atoms with E-state index in [1.807, 2.05) is 45.9 Å². The van der Waals surface area contributed by atoms with Gasteiger partial charge in [-0.3, -0.25) is 13.9 Å². The molecule has 2 aromatic carbocycles. The van der Waals surface area contributed by atoms with E-state index in [9.17, 15) is 18.0 Å². The number of hydrogen-bond acceptors (Lipinski definition) is 5. The summed E-state index contributed by atoms with van der Waals surface area (Å²) in [5.41, 5.74) is 3.15. The van der Waals surface area contributed by atoms with Crippen molar-refractivity contribution in [2.45, 2.75) is 46.7 Å². The molecule has 0 saturated carbocycles. The molecule has 2 aromatic rings. The minimum Gasteiger partial charge on any atom is -0.497 e. The normalized spacial score (nSPS) is 12.1. The first-order chi connectivity index (χ1) is 16.0. The van der Waals surface area contributed by atoms with Crippen LogP contribution in [0.25, 0.3) is 0 Å². The molecule has 1 atom stereocenters. The molecule has 2 amide bonds. The highest BCUT2D eigenvalue weighted by atomic mass is 32.2. The first-order valence-corrected chi connectivity index (χ1v) is 13.1. The van der Waals surface area contributed by atoms with Gasteiger partial charge in [0.25, 0.3) is 0 Å². The number of likely N-dealkylation sites (N-methyl/N-ethyl adjacent to an activating group) is 1. The van der Waals surface area contributed by atoms with Crippen molar-refractivity contribution in [3.8, 4) is 5.75 Å². The number of nitrogens with zero attached hydrogens (tertiary/aromatic N) is 2. The lowest BCUT2D eigenvalue weighted by Gasteiger charge is -2.33. The quantitative estimate of drug-likeness (QED) is 0.523. The maximum absolute atomic E-state index is 13.6.